The van der Waals surface area contributed by atoms with Gasteiger partial charge in [0.05, 0.1) is 6.61 Å². The second-order valence-corrected chi connectivity index (χ2v) is 6.17. The fourth-order valence-electron chi connectivity index (χ4n) is 3.04. The highest BCUT2D eigenvalue weighted by Crippen LogP contribution is 2.16. The molecule has 1 aromatic heterocycles. The fraction of sp³-hybridized carbons (Fsp3) is 0.765. The van der Waals surface area contributed by atoms with Gasteiger partial charge < -0.3 is 19.5 Å². The molecular weight excluding hydrogens is 290 g/mol. The standard InChI is InChI=1S/C17H31N5O/c1-4-18-17(22-11-7-16(13-22)14-23-3)20-8-5-6-10-21-12-9-19-15(21)2/h9,12,16H,4-8,10-11,13-14H2,1-3H3,(H,18,20). The maximum Gasteiger partial charge on any atom is 0.193 e. The molecule has 6 nitrogen and oxygen atoms in total. The van der Waals surface area contributed by atoms with Crippen LogP contribution in [0.1, 0.15) is 32.0 Å². The van der Waals surface area contributed by atoms with Crippen molar-refractivity contribution < 1.29 is 4.74 Å². The molecule has 6 heteroatoms. The number of aliphatic imine (C=N–C) groups is 1. The van der Waals surface area contributed by atoms with Gasteiger partial charge in [0.25, 0.3) is 0 Å². The molecule has 0 aromatic carbocycles. The Labute approximate surface area is 139 Å². The van der Waals surface area contributed by atoms with E-state index >= 15 is 0 Å². The zero-order chi connectivity index (χ0) is 16.5. The highest BCUT2D eigenvalue weighted by Gasteiger charge is 2.24. The number of likely N-dealkylation sites (tertiary alicyclic amines) is 1. The molecule has 1 fully saturated rings. The molecule has 1 atom stereocenters. The van der Waals surface area contributed by atoms with Crippen molar-refractivity contribution in [1.82, 2.24) is 19.8 Å². The van der Waals surface area contributed by atoms with Crippen LogP contribution in [0.4, 0.5) is 0 Å². The van der Waals surface area contributed by atoms with Crippen molar-refractivity contribution in [1.29, 1.82) is 0 Å². The number of rotatable bonds is 8. The molecule has 0 spiro atoms. The summed E-state index contributed by atoms with van der Waals surface area (Å²) in [6, 6.07) is 0. The van der Waals surface area contributed by atoms with Gasteiger partial charge in [0, 0.05) is 58.1 Å². The lowest BCUT2D eigenvalue weighted by Crippen LogP contribution is -2.40. The van der Waals surface area contributed by atoms with E-state index in [1.165, 1.54) is 6.42 Å². The maximum atomic E-state index is 5.28. The van der Waals surface area contributed by atoms with Crippen molar-refractivity contribution in [2.75, 3.05) is 39.9 Å². The minimum absolute atomic E-state index is 0.632. The summed E-state index contributed by atoms with van der Waals surface area (Å²) in [4.78, 5) is 11.4. The number of methoxy groups -OCH3 is 1. The number of nitrogens with zero attached hydrogens (tertiary/aromatic N) is 4. The first-order valence-electron chi connectivity index (χ1n) is 8.74. The largest absolute Gasteiger partial charge is 0.384 e. The first kappa shape index (κ1) is 17.8. The molecule has 1 saturated heterocycles. The van der Waals surface area contributed by atoms with Crippen LogP contribution in [0.15, 0.2) is 17.4 Å². The number of aromatic nitrogens is 2. The van der Waals surface area contributed by atoms with E-state index in [4.69, 9.17) is 9.73 Å². The minimum Gasteiger partial charge on any atom is -0.384 e. The van der Waals surface area contributed by atoms with Gasteiger partial charge in [-0.1, -0.05) is 0 Å². The smallest absolute Gasteiger partial charge is 0.193 e. The van der Waals surface area contributed by atoms with Crippen molar-refractivity contribution in [2.24, 2.45) is 10.9 Å². The Morgan fingerprint density at radius 3 is 3.04 bits per heavy atom. The number of aryl methyl sites for hydroxylation is 2. The molecule has 0 aliphatic carbocycles. The van der Waals surface area contributed by atoms with Gasteiger partial charge in [-0.05, 0) is 33.1 Å². The molecular formula is C17H31N5O. The van der Waals surface area contributed by atoms with Crippen LogP contribution in [0.2, 0.25) is 0 Å². The van der Waals surface area contributed by atoms with Crippen molar-refractivity contribution in [3.05, 3.63) is 18.2 Å². The molecule has 1 aromatic rings. The van der Waals surface area contributed by atoms with Crippen molar-refractivity contribution in [2.45, 2.75) is 39.7 Å². The van der Waals surface area contributed by atoms with Gasteiger partial charge in [0.15, 0.2) is 5.96 Å². The summed E-state index contributed by atoms with van der Waals surface area (Å²) in [5.74, 6) is 2.78. The van der Waals surface area contributed by atoms with Gasteiger partial charge in [-0.3, -0.25) is 4.99 Å². The van der Waals surface area contributed by atoms with Crippen LogP contribution in [0, 0.1) is 12.8 Å². The summed E-state index contributed by atoms with van der Waals surface area (Å²) in [5.41, 5.74) is 0. The number of hydrogen-bond acceptors (Lipinski definition) is 3. The van der Waals surface area contributed by atoms with E-state index in [0.717, 1.165) is 64.0 Å². The monoisotopic (exact) mass is 321 g/mol. The minimum atomic E-state index is 0.632. The van der Waals surface area contributed by atoms with Crippen LogP contribution in [0.5, 0.6) is 0 Å². The average Bonchev–Trinajstić information content (AvgIpc) is 3.16. The summed E-state index contributed by atoms with van der Waals surface area (Å²) in [6.07, 6.45) is 7.33. The van der Waals surface area contributed by atoms with E-state index in [1.54, 1.807) is 7.11 Å². The lowest BCUT2D eigenvalue weighted by Gasteiger charge is -2.21. The number of hydrogen-bond donors (Lipinski definition) is 1. The van der Waals surface area contributed by atoms with Crippen LogP contribution >= 0.6 is 0 Å². The van der Waals surface area contributed by atoms with Crippen molar-refractivity contribution >= 4 is 5.96 Å². The van der Waals surface area contributed by atoms with Crippen LogP contribution in [0.25, 0.3) is 0 Å². The molecule has 0 saturated carbocycles. The number of unbranched alkanes of at least 4 members (excludes halogenated alkanes) is 1. The molecule has 1 unspecified atom stereocenters. The maximum absolute atomic E-state index is 5.28. The van der Waals surface area contributed by atoms with Gasteiger partial charge in [-0.2, -0.15) is 0 Å². The Bertz CT molecular complexity index is 485. The van der Waals surface area contributed by atoms with Gasteiger partial charge in [0.2, 0.25) is 0 Å². The second kappa shape index (κ2) is 9.55. The first-order valence-corrected chi connectivity index (χ1v) is 8.74. The Morgan fingerprint density at radius 1 is 1.48 bits per heavy atom. The first-order chi connectivity index (χ1) is 11.2. The second-order valence-electron chi connectivity index (χ2n) is 6.17. The predicted octanol–water partition coefficient (Wildman–Crippen LogP) is 1.91. The lowest BCUT2D eigenvalue weighted by molar-refractivity contribution is 0.157. The van der Waals surface area contributed by atoms with E-state index in [2.05, 4.69) is 26.7 Å². The van der Waals surface area contributed by atoms with Gasteiger partial charge in [-0.25, -0.2) is 4.98 Å². The molecule has 0 amide bonds. The van der Waals surface area contributed by atoms with Crippen molar-refractivity contribution in [3.8, 4) is 0 Å². The average molecular weight is 321 g/mol. The predicted molar refractivity (Wildman–Crippen MR) is 93.7 cm³/mol. The van der Waals surface area contributed by atoms with E-state index in [1.807, 2.05) is 19.3 Å². The molecule has 1 N–H and O–H groups in total. The summed E-state index contributed by atoms with van der Waals surface area (Å²) >= 11 is 0. The summed E-state index contributed by atoms with van der Waals surface area (Å²) in [5, 5.41) is 3.42. The van der Waals surface area contributed by atoms with Crippen LogP contribution < -0.4 is 5.32 Å². The highest BCUT2D eigenvalue weighted by atomic mass is 16.5. The SMILES string of the molecule is CCNC(=NCCCCn1ccnc1C)N1CCC(COC)C1. The zero-order valence-corrected chi connectivity index (χ0v) is 14.8. The Kier molecular flexibility index (Phi) is 7.39. The van der Waals surface area contributed by atoms with Crippen LogP contribution in [0.3, 0.4) is 0 Å². The third-order valence-corrected chi connectivity index (χ3v) is 4.31. The number of guanidine groups is 1. The zero-order valence-electron chi connectivity index (χ0n) is 14.8. The van der Waals surface area contributed by atoms with Gasteiger partial charge in [0.1, 0.15) is 5.82 Å². The van der Waals surface area contributed by atoms with E-state index in [-0.39, 0.29) is 0 Å². The molecule has 1 aliphatic heterocycles. The molecule has 1 aliphatic rings. The molecule has 2 heterocycles. The fourth-order valence-corrected chi connectivity index (χ4v) is 3.04. The molecule has 0 radical (unpaired) electrons. The quantitative estimate of drug-likeness (QED) is 0.451. The summed E-state index contributed by atoms with van der Waals surface area (Å²) in [6.45, 7) is 9.96. The summed E-state index contributed by atoms with van der Waals surface area (Å²) in [7, 11) is 1.78. The normalized spacial score (nSPS) is 18.7. The van der Waals surface area contributed by atoms with E-state index < -0.39 is 0 Å². The lowest BCUT2D eigenvalue weighted by atomic mass is 10.1. The number of ether oxygens (including phenoxy) is 1. The Balaban J connectivity index is 1.74. The van der Waals surface area contributed by atoms with Crippen molar-refractivity contribution in [3.63, 3.8) is 0 Å². The highest BCUT2D eigenvalue weighted by molar-refractivity contribution is 5.80. The Hall–Kier alpha value is -1.56. The topological polar surface area (TPSA) is 54.7 Å². The molecule has 130 valence electrons. The number of imidazole rings is 1. The van der Waals surface area contributed by atoms with Gasteiger partial charge in [-0.15, -0.1) is 0 Å². The van der Waals surface area contributed by atoms with Gasteiger partial charge >= 0.3 is 0 Å². The molecule has 0 bridgehead atoms. The van der Waals surface area contributed by atoms with Crippen LogP contribution in [-0.2, 0) is 11.3 Å². The van der Waals surface area contributed by atoms with E-state index in [0.29, 0.717) is 5.92 Å². The molecule has 2 rings (SSSR count). The third-order valence-electron chi connectivity index (χ3n) is 4.31. The summed E-state index contributed by atoms with van der Waals surface area (Å²) < 4.78 is 7.48. The Morgan fingerprint density at radius 2 is 2.35 bits per heavy atom. The molecule has 23 heavy (non-hydrogen) atoms. The number of nitrogens with one attached hydrogen (secondary N) is 1. The van der Waals surface area contributed by atoms with E-state index in [9.17, 15) is 0 Å². The van der Waals surface area contributed by atoms with Crippen LogP contribution in [-0.4, -0.2) is 60.3 Å². The third kappa shape index (κ3) is 5.53.